The molecule has 0 bridgehead atoms. The van der Waals surface area contributed by atoms with Gasteiger partial charge in [-0.1, -0.05) is 19.9 Å². The minimum absolute atomic E-state index is 0.0119. The van der Waals surface area contributed by atoms with E-state index in [1.54, 1.807) is 36.4 Å². The Morgan fingerprint density at radius 2 is 1.70 bits per heavy atom. The molecule has 10 heteroatoms. The number of hydrogen-bond donors (Lipinski definition) is 1. The first-order valence-electron chi connectivity index (χ1n) is 11.3. The van der Waals surface area contributed by atoms with Gasteiger partial charge in [0.2, 0.25) is 0 Å². The average Bonchev–Trinajstić information content (AvgIpc) is 3.12. The fourth-order valence-corrected chi connectivity index (χ4v) is 3.92. The van der Waals surface area contributed by atoms with E-state index in [1.807, 2.05) is 13.8 Å². The molecule has 1 unspecified atom stereocenters. The SMILES string of the molecule is CC(C)COc1ccc(/C(O)=C2\C(=O)C(=O)N(c3cccc(OC(F)(F)F)c3)C2c2ccncc2)cc1. The Morgan fingerprint density at radius 1 is 1.03 bits per heavy atom. The van der Waals surface area contributed by atoms with Crippen LogP contribution in [-0.4, -0.2) is 34.8 Å². The molecule has 7 nitrogen and oxygen atoms in total. The Bertz CT molecular complexity index is 1320. The molecular weight excluding hydrogens is 489 g/mol. The number of carbonyl (C=O) groups is 2. The molecule has 2 aromatic carbocycles. The number of anilines is 1. The second-order valence-corrected chi connectivity index (χ2v) is 8.72. The van der Waals surface area contributed by atoms with Crippen LogP contribution in [0.1, 0.15) is 31.0 Å². The second-order valence-electron chi connectivity index (χ2n) is 8.72. The standard InChI is InChI=1S/C27H23F3N2O5/c1-16(2)15-36-20-8-6-18(7-9-20)24(33)22-23(17-10-12-31-13-11-17)32(26(35)25(22)34)19-4-3-5-21(14-19)37-27(28,29)30/h3-14,16,23,33H,15H2,1-2H3/b24-22+. The summed E-state index contributed by atoms with van der Waals surface area (Å²) in [5.41, 5.74) is 0.467. The zero-order valence-corrected chi connectivity index (χ0v) is 19.9. The number of halogens is 3. The molecule has 37 heavy (non-hydrogen) atoms. The van der Waals surface area contributed by atoms with Crippen molar-refractivity contribution in [2.45, 2.75) is 26.3 Å². The smallest absolute Gasteiger partial charge is 0.507 e. The highest BCUT2D eigenvalue weighted by Crippen LogP contribution is 2.43. The number of hydrogen-bond acceptors (Lipinski definition) is 6. The molecule has 0 saturated carbocycles. The topological polar surface area (TPSA) is 89.0 Å². The summed E-state index contributed by atoms with van der Waals surface area (Å²) < 4.78 is 48.0. The molecule has 1 saturated heterocycles. The molecule has 4 rings (SSSR count). The van der Waals surface area contributed by atoms with Crippen molar-refractivity contribution in [3.8, 4) is 11.5 Å². The molecule has 0 spiro atoms. The number of aliphatic hydroxyl groups is 1. The first-order valence-corrected chi connectivity index (χ1v) is 11.3. The monoisotopic (exact) mass is 512 g/mol. The van der Waals surface area contributed by atoms with E-state index in [9.17, 15) is 27.9 Å². The van der Waals surface area contributed by atoms with Crippen LogP contribution < -0.4 is 14.4 Å². The van der Waals surface area contributed by atoms with E-state index in [4.69, 9.17) is 4.74 Å². The van der Waals surface area contributed by atoms with Crippen molar-refractivity contribution in [3.63, 3.8) is 0 Å². The van der Waals surface area contributed by atoms with Gasteiger partial charge in [-0.05, 0) is 60.0 Å². The molecule has 0 aliphatic carbocycles. The van der Waals surface area contributed by atoms with Gasteiger partial charge in [-0.15, -0.1) is 13.2 Å². The molecule has 1 N–H and O–H groups in total. The molecule has 1 fully saturated rings. The van der Waals surface area contributed by atoms with Crippen LogP contribution in [0.25, 0.3) is 5.76 Å². The number of nitrogens with zero attached hydrogens (tertiary/aromatic N) is 2. The predicted octanol–water partition coefficient (Wildman–Crippen LogP) is 5.64. The molecule has 2 heterocycles. The maximum atomic E-state index is 13.2. The summed E-state index contributed by atoms with van der Waals surface area (Å²) in [6.07, 6.45) is -2.05. The van der Waals surface area contributed by atoms with Gasteiger partial charge in [0, 0.05) is 29.7 Å². The summed E-state index contributed by atoms with van der Waals surface area (Å²) in [6, 6.07) is 13.1. The third-order valence-electron chi connectivity index (χ3n) is 5.51. The van der Waals surface area contributed by atoms with Gasteiger partial charge in [0.25, 0.3) is 11.7 Å². The molecule has 1 aliphatic rings. The number of aliphatic hydroxyl groups excluding tert-OH is 1. The quantitative estimate of drug-likeness (QED) is 0.250. The normalized spacial score (nSPS) is 17.4. The molecule has 1 aliphatic heterocycles. The van der Waals surface area contributed by atoms with E-state index in [0.29, 0.717) is 23.8 Å². The number of benzene rings is 2. The highest BCUT2D eigenvalue weighted by molar-refractivity contribution is 6.51. The maximum Gasteiger partial charge on any atom is 0.573 e. The summed E-state index contributed by atoms with van der Waals surface area (Å²) in [7, 11) is 0. The third-order valence-corrected chi connectivity index (χ3v) is 5.51. The lowest BCUT2D eigenvalue weighted by molar-refractivity contribution is -0.274. The number of ketones is 1. The van der Waals surface area contributed by atoms with E-state index < -0.39 is 35.6 Å². The summed E-state index contributed by atoms with van der Waals surface area (Å²) in [4.78, 5) is 31.3. The van der Waals surface area contributed by atoms with Gasteiger partial charge in [0.05, 0.1) is 18.2 Å². The number of aromatic nitrogens is 1. The largest absolute Gasteiger partial charge is 0.573 e. The third kappa shape index (κ3) is 5.74. The Labute approximate surface area is 210 Å². The molecule has 1 atom stereocenters. The Balaban J connectivity index is 1.79. The van der Waals surface area contributed by atoms with Gasteiger partial charge in [-0.2, -0.15) is 0 Å². The fourth-order valence-electron chi connectivity index (χ4n) is 3.92. The first-order chi connectivity index (χ1) is 17.5. The van der Waals surface area contributed by atoms with Crippen LogP contribution in [0.2, 0.25) is 0 Å². The number of amides is 1. The lowest BCUT2D eigenvalue weighted by Gasteiger charge is -2.25. The van der Waals surface area contributed by atoms with E-state index in [0.717, 1.165) is 17.0 Å². The maximum absolute atomic E-state index is 13.2. The summed E-state index contributed by atoms with van der Waals surface area (Å²) in [5, 5.41) is 11.2. The predicted molar refractivity (Wildman–Crippen MR) is 129 cm³/mol. The number of carbonyl (C=O) groups excluding carboxylic acids is 2. The minimum atomic E-state index is -4.94. The van der Waals surface area contributed by atoms with Crippen molar-refractivity contribution in [2.24, 2.45) is 5.92 Å². The van der Waals surface area contributed by atoms with E-state index in [-0.39, 0.29) is 16.8 Å². The van der Waals surface area contributed by atoms with Gasteiger partial charge in [-0.3, -0.25) is 19.5 Å². The fraction of sp³-hybridized carbons (Fsp3) is 0.222. The molecule has 1 amide bonds. The second kappa shape index (κ2) is 10.3. The molecule has 3 aromatic rings. The highest BCUT2D eigenvalue weighted by Gasteiger charge is 2.47. The number of Topliss-reactive ketones (excluding diaryl/α,β-unsaturated/α-hetero) is 1. The summed E-state index contributed by atoms with van der Waals surface area (Å²) in [5.74, 6) is -2.11. The lowest BCUT2D eigenvalue weighted by Crippen LogP contribution is -2.29. The van der Waals surface area contributed by atoms with E-state index in [2.05, 4.69) is 9.72 Å². The van der Waals surface area contributed by atoms with Gasteiger partial charge < -0.3 is 14.6 Å². The van der Waals surface area contributed by atoms with Crippen molar-refractivity contribution in [3.05, 3.63) is 89.8 Å². The van der Waals surface area contributed by atoms with Gasteiger partial charge in [0.15, 0.2) is 0 Å². The zero-order valence-electron chi connectivity index (χ0n) is 19.9. The van der Waals surface area contributed by atoms with Crippen LogP contribution in [0.3, 0.4) is 0 Å². The summed E-state index contributed by atoms with van der Waals surface area (Å²) in [6.45, 7) is 4.50. The van der Waals surface area contributed by atoms with Crippen LogP contribution in [-0.2, 0) is 9.59 Å². The van der Waals surface area contributed by atoms with Crippen molar-refractivity contribution in [2.75, 3.05) is 11.5 Å². The molecular formula is C27H23F3N2O5. The number of rotatable bonds is 7. The van der Waals surface area contributed by atoms with Crippen molar-refractivity contribution < 1.29 is 37.3 Å². The van der Waals surface area contributed by atoms with Crippen LogP contribution in [0.15, 0.2) is 78.6 Å². The Morgan fingerprint density at radius 3 is 2.32 bits per heavy atom. The first kappa shape index (κ1) is 25.7. The summed E-state index contributed by atoms with van der Waals surface area (Å²) >= 11 is 0. The molecule has 192 valence electrons. The molecule has 1 aromatic heterocycles. The van der Waals surface area contributed by atoms with Crippen LogP contribution in [0.5, 0.6) is 11.5 Å². The average molecular weight is 512 g/mol. The zero-order chi connectivity index (χ0) is 26.7. The number of ether oxygens (including phenoxy) is 2. The van der Waals surface area contributed by atoms with Gasteiger partial charge in [0.1, 0.15) is 17.3 Å². The van der Waals surface area contributed by atoms with Gasteiger partial charge in [-0.25, -0.2) is 0 Å². The van der Waals surface area contributed by atoms with Crippen molar-refractivity contribution in [1.29, 1.82) is 0 Å². The highest BCUT2D eigenvalue weighted by atomic mass is 19.4. The van der Waals surface area contributed by atoms with Crippen molar-refractivity contribution in [1.82, 2.24) is 4.98 Å². The van der Waals surface area contributed by atoms with Crippen LogP contribution >= 0.6 is 0 Å². The van der Waals surface area contributed by atoms with Crippen molar-refractivity contribution >= 4 is 23.1 Å². The Kier molecular flexibility index (Phi) is 7.19. The number of pyridine rings is 1. The van der Waals surface area contributed by atoms with Crippen LogP contribution in [0.4, 0.5) is 18.9 Å². The molecule has 0 radical (unpaired) electrons. The van der Waals surface area contributed by atoms with Crippen LogP contribution in [0, 0.1) is 5.92 Å². The number of alkyl halides is 3. The van der Waals surface area contributed by atoms with Gasteiger partial charge >= 0.3 is 6.36 Å². The van der Waals surface area contributed by atoms with E-state index in [1.165, 1.54) is 24.5 Å². The minimum Gasteiger partial charge on any atom is -0.507 e. The lowest BCUT2D eigenvalue weighted by atomic mass is 9.95. The Hall–Kier alpha value is -4.34. The van der Waals surface area contributed by atoms with E-state index >= 15 is 0 Å².